The van der Waals surface area contributed by atoms with Crippen LogP contribution in [0.2, 0.25) is 39.3 Å². The van der Waals surface area contributed by atoms with E-state index in [-0.39, 0.29) is 5.41 Å². The van der Waals surface area contributed by atoms with E-state index in [1.165, 1.54) is 5.56 Å². The molecule has 1 aromatic rings. The van der Waals surface area contributed by atoms with Crippen LogP contribution in [0.1, 0.15) is 25.8 Å². The number of benzene rings is 1. The smallest absolute Gasteiger partial charge is 0.233 e. The van der Waals surface area contributed by atoms with Crippen LogP contribution < -0.4 is 0 Å². The molecule has 0 heterocycles. The van der Waals surface area contributed by atoms with E-state index in [9.17, 15) is 4.79 Å². The van der Waals surface area contributed by atoms with Gasteiger partial charge >= 0.3 is 0 Å². The van der Waals surface area contributed by atoms with E-state index in [0.29, 0.717) is 11.8 Å². The van der Waals surface area contributed by atoms with Gasteiger partial charge in [-0.05, 0) is 38.3 Å². The molecule has 1 aromatic carbocycles. The fourth-order valence-corrected chi connectivity index (χ4v) is 14.2. The Morgan fingerprint density at radius 2 is 1.50 bits per heavy atom. The van der Waals surface area contributed by atoms with Crippen molar-refractivity contribution in [2.24, 2.45) is 5.92 Å². The predicted octanol–water partition coefficient (Wildman–Crippen LogP) is 4.78. The molecule has 2 unspecified atom stereocenters. The summed E-state index contributed by atoms with van der Waals surface area (Å²) in [7, 11) is -2.83. The summed E-state index contributed by atoms with van der Waals surface area (Å²) in [6.45, 7) is 21.5. The van der Waals surface area contributed by atoms with E-state index in [0.717, 1.165) is 26.1 Å². The summed E-state index contributed by atoms with van der Waals surface area (Å²) >= 11 is 0. The van der Waals surface area contributed by atoms with Crippen molar-refractivity contribution in [3.05, 3.63) is 35.9 Å². The van der Waals surface area contributed by atoms with Gasteiger partial charge < -0.3 is 9.13 Å². The molecule has 1 aliphatic carbocycles. The minimum Gasteiger partial charge on any atom is -0.346 e. The lowest BCUT2D eigenvalue weighted by Crippen LogP contribution is -2.60. The molecule has 26 heavy (non-hydrogen) atoms. The first-order valence-electron chi connectivity index (χ1n) is 10.1. The molecule has 0 radical (unpaired) electrons. The average molecular weight is 391 g/mol. The summed E-state index contributed by atoms with van der Waals surface area (Å²) < 4.78 is 2.84. The van der Waals surface area contributed by atoms with Gasteiger partial charge in [0.2, 0.25) is 5.91 Å². The van der Waals surface area contributed by atoms with Gasteiger partial charge in [0.25, 0.3) is 0 Å². The maximum absolute atomic E-state index is 13.5. The van der Waals surface area contributed by atoms with E-state index in [4.69, 9.17) is 0 Å². The molecule has 1 fully saturated rings. The Balaban J connectivity index is 2.37. The highest BCUT2D eigenvalue weighted by atomic mass is 28.4. The molecule has 0 spiro atoms. The zero-order valence-electron chi connectivity index (χ0n) is 18.1. The quantitative estimate of drug-likeness (QED) is 0.596. The zero-order chi connectivity index (χ0) is 19.8. The van der Waals surface area contributed by atoms with Crippen molar-refractivity contribution in [2.45, 2.75) is 65.0 Å². The molecular weight excluding hydrogens is 352 g/mol. The molecule has 1 amide bonds. The first-order chi connectivity index (χ1) is 12.0. The maximum Gasteiger partial charge on any atom is 0.233 e. The fraction of sp³-hybridized carbons (Fsp3) is 0.667. The van der Waals surface area contributed by atoms with Crippen molar-refractivity contribution < 1.29 is 4.79 Å². The Bertz CT molecular complexity index is 603. The molecule has 1 aliphatic rings. The molecule has 0 saturated heterocycles. The number of carbonyl (C=O) groups is 1. The Morgan fingerprint density at radius 3 is 1.92 bits per heavy atom. The van der Waals surface area contributed by atoms with Crippen molar-refractivity contribution in [3.8, 4) is 0 Å². The zero-order valence-corrected chi connectivity index (χ0v) is 20.1. The minimum atomic E-state index is -1.42. The summed E-state index contributed by atoms with van der Waals surface area (Å²) in [5.74, 6) is 0.779. The van der Waals surface area contributed by atoms with Crippen molar-refractivity contribution in [1.82, 2.24) is 9.13 Å². The second-order valence-corrected chi connectivity index (χ2v) is 19.9. The lowest BCUT2D eigenvalue weighted by Gasteiger charge is -2.44. The van der Waals surface area contributed by atoms with Crippen LogP contribution >= 0.6 is 0 Å². The van der Waals surface area contributed by atoms with Gasteiger partial charge in [-0.25, -0.2) is 0 Å². The molecule has 5 heteroatoms. The van der Waals surface area contributed by atoms with E-state index in [2.05, 4.69) is 81.6 Å². The number of hydrogen-bond donors (Lipinski definition) is 0. The molecule has 0 aromatic heterocycles. The third kappa shape index (κ3) is 4.15. The first-order valence-corrected chi connectivity index (χ1v) is 17.0. The Labute approximate surface area is 163 Å². The van der Waals surface area contributed by atoms with Gasteiger partial charge in [-0.1, -0.05) is 69.6 Å². The highest BCUT2D eigenvalue weighted by molar-refractivity contribution is 6.89. The molecule has 3 nitrogen and oxygen atoms in total. The largest absolute Gasteiger partial charge is 0.346 e. The normalized spacial score (nSPS) is 23.2. The van der Waals surface area contributed by atoms with Crippen molar-refractivity contribution in [1.29, 1.82) is 0 Å². The molecule has 1 saturated carbocycles. The van der Waals surface area contributed by atoms with E-state index in [1.54, 1.807) is 0 Å². The Morgan fingerprint density at radius 1 is 1.00 bits per heavy atom. The van der Waals surface area contributed by atoms with Gasteiger partial charge in [0.15, 0.2) is 0 Å². The van der Waals surface area contributed by atoms with Crippen LogP contribution in [0.3, 0.4) is 0 Å². The highest BCUT2D eigenvalue weighted by Gasteiger charge is 2.62. The number of likely N-dealkylation sites (N-methyl/N-ethyl adjacent to an activating group) is 1. The number of rotatable bonds is 8. The van der Waals surface area contributed by atoms with Crippen LogP contribution in [0.25, 0.3) is 0 Å². The lowest BCUT2D eigenvalue weighted by molar-refractivity contribution is -0.134. The van der Waals surface area contributed by atoms with Crippen molar-refractivity contribution >= 4 is 22.4 Å². The van der Waals surface area contributed by atoms with Crippen LogP contribution in [-0.2, 0) is 10.2 Å². The number of nitrogens with zero attached hydrogens (tertiary/aromatic N) is 2. The van der Waals surface area contributed by atoms with Crippen LogP contribution in [0.15, 0.2) is 30.3 Å². The first kappa shape index (κ1) is 21.4. The van der Waals surface area contributed by atoms with Gasteiger partial charge in [0, 0.05) is 13.1 Å². The summed E-state index contributed by atoms with van der Waals surface area (Å²) in [5, 5.41) is 0. The standard InChI is InChI=1S/C21H38N2OSi2/c1-9-22(10-2)20(24)21(18-14-12-11-13-15-18)16-19(21)17-23(25(3,4)5)26(6,7)8/h11-15,19H,9-10,16-17H2,1-8H3. The third-order valence-electron chi connectivity index (χ3n) is 5.85. The predicted molar refractivity (Wildman–Crippen MR) is 118 cm³/mol. The third-order valence-corrected chi connectivity index (χ3v) is 13.5. The van der Waals surface area contributed by atoms with Crippen LogP contribution in [-0.4, -0.2) is 51.1 Å². The SMILES string of the molecule is CCN(CC)C(=O)C1(c2ccccc2)CC1CN([Si](C)(C)C)[Si](C)(C)C. The average Bonchev–Trinajstić information content (AvgIpc) is 3.28. The molecule has 146 valence electrons. The van der Waals surface area contributed by atoms with Crippen molar-refractivity contribution in [3.63, 3.8) is 0 Å². The fourth-order valence-electron chi connectivity index (χ4n) is 4.59. The van der Waals surface area contributed by atoms with Gasteiger partial charge in [-0.3, -0.25) is 4.79 Å². The summed E-state index contributed by atoms with van der Waals surface area (Å²) in [6, 6.07) is 10.5. The molecule has 0 aliphatic heterocycles. The lowest BCUT2D eigenvalue weighted by atomic mass is 9.91. The van der Waals surface area contributed by atoms with Crippen LogP contribution in [0, 0.1) is 5.92 Å². The molecule has 0 N–H and O–H groups in total. The Kier molecular flexibility index (Phi) is 6.25. The number of amides is 1. The second-order valence-electron chi connectivity index (χ2n) is 9.67. The number of hydrogen-bond acceptors (Lipinski definition) is 2. The molecule has 2 rings (SSSR count). The highest BCUT2D eigenvalue weighted by Crippen LogP contribution is 2.56. The van der Waals surface area contributed by atoms with E-state index >= 15 is 0 Å². The Hall–Kier alpha value is -0.916. The maximum atomic E-state index is 13.5. The van der Waals surface area contributed by atoms with Crippen molar-refractivity contribution in [2.75, 3.05) is 19.6 Å². The summed E-state index contributed by atoms with van der Waals surface area (Å²) in [5.41, 5.74) is 0.915. The topological polar surface area (TPSA) is 23.6 Å². The number of carbonyl (C=O) groups excluding carboxylic acids is 1. The van der Waals surface area contributed by atoms with Gasteiger partial charge in [0.1, 0.15) is 16.5 Å². The van der Waals surface area contributed by atoms with E-state index in [1.807, 2.05) is 11.0 Å². The monoisotopic (exact) mass is 390 g/mol. The van der Waals surface area contributed by atoms with Gasteiger partial charge in [-0.2, -0.15) is 0 Å². The van der Waals surface area contributed by atoms with Gasteiger partial charge in [0.05, 0.1) is 5.41 Å². The molecular formula is C21H38N2OSi2. The molecule has 2 atom stereocenters. The summed E-state index contributed by atoms with van der Waals surface area (Å²) in [6.07, 6.45) is 0.998. The van der Waals surface area contributed by atoms with Crippen LogP contribution in [0.4, 0.5) is 0 Å². The molecule has 0 bridgehead atoms. The van der Waals surface area contributed by atoms with Crippen LogP contribution in [0.5, 0.6) is 0 Å². The van der Waals surface area contributed by atoms with E-state index < -0.39 is 16.5 Å². The minimum absolute atomic E-state index is 0.301. The summed E-state index contributed by atoms with van der Waals surface area (Å²) in [4.78, 5) is 15.5. The second kappa shape index (κ2) is 7.60. The van der Waals surface area contributed by atoms with Gasteiger partial charge in [-0.15, -0.1) is 0 Å².